The van der Waals surface area contributed by atoms with E-state index in [1.54, 1.807) is 11.8 Å². The Hall–Kier alpha value is -2.86. The Balaban J connectivity index is 1.47. The van der Waals surface area contributed by atoms with Crippen molar-refractivity contribution >= 4 is 23.3 Å². The van der Waals surface area contributed by atoms with E-state index in [0.717, 1.165) is 24.3 Å². The highest BCUT2D eigenvalue weighted by Crippen LogP contribution is 2.28. The lowest BCUT2D eigenvalue weighted by Gasteiger charge is -2.26. The SMILES string of the molecule is Cc1ccc(N2C(=O)N(CN(C)Cc3ccccc3N3CCCC3)C(=O)[C@H]2C)cc1. The number of urea groups is 1. The van der Waals surface area contributed by atoms with Crippen LogP contribution in [0, 0.1) is 6.92 Å². The Bertz CT molecular complexity index is 921. The average molecular weight is 407 g/mol. The summed E-state index contributed by atoms with van der Waals surface area (Å²) in [4.78, 5) is 33.4. The van der Waals surface area contributed by atoms with Gasteiger partial charge in [-0.3, -0.25) is 14.6 Å². The van der Waals surface area contributed by atoms with Crippen LogP contribution in [0.1, 0.15) is 30.9 Å². The fourth-order valence-electron chi connectivity index (χ4n) is 4.39. The van der Waals surface area contributed by atoms with E-state index >= 15 is 0 Å². The molecule has 0 spiro atoms. The number of hydrogen-bond donors (Lipinski definition) is 0. The third-order valence-corrected chi connectivity index (χ3v) is 6.02. The van der Waals surface area contributed by atoms with E-state index in [1.807, 2.05) is 43.1 Å². The van der Waals surface area contributed by atoms with Gasteiger partial charge in [0, 0.05) is 31.0 Å². The lowest BCUT2D eigenvalue weighted by Crippen LogP contribution is -2.40. The van der Waals surface area contributed by atoms with Crippen molar-refractivity contribution in [1.29, 1.82) is 0 Å². The first-order chi connectivity index (χ1) is 14.5. The molecule has 2 aromatic carbocycles. The van der Waals surface area contributed by atoms with Crippen molar-refractivity contribution in [2.24, 2.45) is 0 Å². The van der Waals surface area contributed by atoms with Crippen molar-refractivity contribution in [1.82, 2.24) is 9.80 Å². The minimum Gasteiger partial charge on any atom is -0.371 e. The van der Waals surface area contributed by atoms with Crippen LogP contribution >= 0.6 is 0 Å². The quantitative estimate of drug-likeness (QED) is 0.684. The Morgan fingerprint density at radius 2 is 1.67 bits per heavy atom. The van der Waals surface area contributed by atoms with Crippen molar-refractivity contribution < 1.29 is 9.59 Å². The number of imide groups is 1. The molecule has 2 aliphatic heterocycles. The summed E-state index contributed by atoms with van der Waals surface area (Å²) < 4.78 is 0. The first-order valence-corrected chi connectivity index (χ1v) is 10.7. The number of hydrogen-bond acceptors (Lipinski definition) is 4. The van der Waals surface area contributed by atoms with Crippen LogP contribution < -0.4 is 9.80 Å². The molecule has 0 bridgehead atoms. The molecule has 0 unspecified atom stereocenters. The Morgan fingerprint density at radius 3 is 2.37 bits per heavy atom. The van der Waals surface area contributed by atoms with Crippen LogP contribution in [0.2, 0.25) is 0 Å². The van der Waals surface area contributed by atoms with Gasteiger partial charge in [0.2, 0.25) is 0 Å². The maximum atomic E-state index is 13.1. The number of benzene rings is 2. The highest BCUT2D eigenvalue weighted by atomic mass is 16.2. The Labute approximate surface area is 178 Å². The number of anilines is 2. The van der Waals surface area contributed by atoms with Gasteiger partial charge >= 0.3 is 6.03 Å². The van der Waals surface area contributed by atoms with Gasteiger partial charge in [-0.05, 0) is 57.5 Å². The number of carbonyl (C=O) groups excluding carboxylic acids is 2. The zero-order chi connectivity index (χ0) is 21.3. The highest BCUT2D eigenvalue weighted by molar-refractivity contribution is 6.14. The zero-order valence-electron chi connectivity index (χ0n) is 18.0. The molecule has 0 radical (unpaired) electrons. The van der Waals surface area contributed by atoms with Crippen LogP contribution in [0.4, 0.5) is 16.2 Å². The van der Waals surface area contributed by atoms with Crippen LogP contribution in [-0.2, 0) is 11.3 Å². The molecule has 2 aromatic rings. The van der Waals surface area contributed by atoms with Crippen molar-refractivity contribution in [3.05, 3.63) is 59.7 Å². The molecule has 6 heteroatoms. The molecule has 2 aliphatic rings. The predicted octanol–water partition coefficient (Wildman–Crippen LogP) is 3.84. The molecule has 30 heavy (non-hydrogen) atoms. The summed E-state index contributed by atoms with van der Waals surface area (Å²) in [7, 11) is 1.96. The minimum absolute atomic E-state index is 0.153. The molecule has 0 saturated carbocycles. The number of para-hydroxylation sites is 1. The van der Waals surface area contributed by atoms with Gasteiger partial charge in [0.25, 0.3) is 5.91 Å². The molecule has 2 saturated heterocycles. The van der Waals surface area contributed by atoms with Gasteiger partial charge in [-0.15, -0.1) is 0 Å². The second-order valence-corrected chi connectivity index (χ2v) is 8.41. The maximum absolute atomic E-state index is 13.1. The number of carbonyl (C=O) groups is 2. The fraction of sp³-hybridized carbons (Fsp3) is 0.417. The van der Waals surface area contributed by atoms with Gasteiger partial charge in [-0.25, -0.2) is 9.69 Å². The summed E-state index contributed by atoms with van der Waals surface area (Å²) in [5.74, 6) is -0.153. The number of aryl methyl sites for hydroxylation is 1. The van der Waals surface area contributed by atoms with Crippen molar-refractivity contribution in [3.8, 4) is 0 Å². The molecule has 3 amide bonds. The molecule has 4 rings (SSSR count). The van der Waals surface area contributed by atoms with Gasteiger partial charge in [0.05, 0.1) is 6.67 Å². The topological polar surface area (TPSA) is 47.1 Å². The normalized spacial score (nSPS) is 19.5. The maximum Gasteiger partial charge on any atom is 0.333 e. The smallest absolute Gasteiger partial charge is 0.333 e. The molecular weight excluding hydrogens is 376 g/mol. The largest absolute Gasteiger partial charge is 0.371 e. The second-order valence-electron chi connectivity index (χ2n) is 8.41. The third-order valence-electron chi connectivity index (χ3n) is 6.02. The van der Waals surface area contributed by atoms with Gasteiger partial charge in [0.1, 0.15) is 6.04 Å². The lowest BCUT2D eigenvalue weighted by atomic mass is 10.1. The second kappa shape index (κ2) is 8.48. The average Bonchev–Trinajstić information content (AvgIpc) is 3.34. The van der Waals surface area contributed by atoms with E-state index in [2.05, 4.69) is 29.2 Å². The molecule has 0 aliphatic carbocycles. The third kappa shape index (κ3) is 3.92. The summed E-state index contributed by atoms with van der Waals surface area (Å²) in [5.41, 5.74) is 4.37. The Morgan fingerprint density at radius 1 is 1.00 bits per heavy atom. The van der Waals surface area contributed by atoms with E-state index < -0.39 is 6.04 Å². The lowest BCUT2D eigenvalue weighted by molar-refractivity contribution is -0.128. The van der Waals surface area contributed by atoms with Gasteiger partial charge in [0.15, 0.2) is 0 Å². The van der Waals surface area contributed by atoms with E-state index in [4.69, 9.17) is 0 Å². The molecular formula is C24H30N4O2. The van der Waals surface area contributed by atoms with E-state index in [0.29, 0.717) is 6.54 Å². The minimum atomic E-state index is -0.495. The molecule has 158 valence electrons. The summed E-state index contributed by atoms with van der Waals surface area (Å²) in [6.07, 6.45) is 2.46. The van der Waals surface area contributed by atoms with Gasteiger partial charge in [-0.2, -0.15) is 0 Å². The van der Waals surface area contributed by atoms with E-state index in [1.165, 1.54) is 29.0 Å². The number of nitrogens with zero attached hydrogens (tertiary/aromatic N) is 4. The van der Waals surface area contributed by atoms with E-state index in [9.17, 15) is 9.59 Å². The predicted molar refractivity (Wildman–Crippen MR) is 120 cm³/mol. The van der Waals surface area contributed by atoms with Crippen LogP contribution in [0.5, 0.6) is 0 Å². The van der Waals surface area contributed by atoms with E-state index in [-0.39, 0.29) is 18.6 Å². The molecule has 6 nitrogen and oxygen atoms in total. The van der Waals surface area contributed by atoms with Crippen molar-refractivity contribution in [2.45, 2.75) is 39.3 Å². The van der Waals surface area contributed by atoms with Crippen molar-refractivity contribution in [3.63, 3.8) is 0 Å². The first kappa shape index (κ1) is 20.4. The van der Waals surface area contributed by atoms with Crippen LogP contribution in [0.3, 0.4) is 0 Å². The molecule has 0 aromatic heterocycles. The molecule has 2 fully saturated rings. The zero-order valence-corrected chi connectivity index (χ0v) is 18.0. The Kier molecular flexibility index (Phi) is 5.77. The molecule has 2 heterocycles. The summed E-state index contributed by atoms with van der Waals surface area (Å²) in [6.45, 7) is 6.94. The summed E-state index contributed by atoms with van der Waals surface area (Å²) in [5, 5.41) is 0. The molecule has 1 atom stereocenters. The van der Waals surface area contributed by atoms with Gasteiger partial charge < -0.3 is 4.90 Å². The molecule has 0 N–H and O–H groups in total. The van der Waals surface area contributed by atoms with Crippen LogP contribution in [0.25, 0.3) is 0 Å². The van der Waals surface area contributed by atoms with Crippen molar-refractivity contribution in [2.75, 3.05) is 36.6 Å². The summed E-state index contributed by atoms with van der Waals surface area (Å²) >= 11 is 0. The monoisotopic (exact) mass is 406 g/mol. The summed E-state index contributed by atoms with van der Waals surface area (Å²) in [6, 6.07) is 15.4. The van der Waals surface area contributed by atoms with Crippen LogP contribution in [0.15, 0.2) is 48.5 Å². The fourth-order valence-corrected chi connectivity index (χ4v) is 4.39. The van der Waals surface area contributed by atoms with Gasteiger partial charge in [-0.1, -0.05) is 35.9 Å². The first-order valence-electron chi connectivity index (χ1n) is 10.7. The number of rotatable bonds is 6. The highest BCUT2D eigenvalue weighted by Gasteiger charge is 2.43. The van der Waals surface area contributed by atoms with Crippen LogP contribution in [-0.4, -0.2) is 54.6 Å². The standard InChI is InChI=1S/C24H30N4O2/c1-18-10-12-21(13-11-18)28-19(2)23(29)27(24(28)30)17-25(3)16-20-8-4-5-9-22(20)26-14-6-7-15-26/h4-5,8-13,19H,6-7,14-17H2,1-3H3/t19-/m1/s1. The number of amides is 3.